The van der Waals surface area contributed by atoms with Crippen LogP contribution in [-0.2, 0) is 9.47 Å². The second kappa shape index (κ2) is 12.1. The second-order valence-electron chi connectivity index (χ2n) is 1.73. The Morgan fingerprint density at radius 1 is 1.18 bits per heavy atom. The number of hydrogen-bond donors (Lipinski definition) is 1. The van der Waals surface area contributed by atoms with Crippen molar-refractivity contribution in [2.75, 3.05) is 26.4 Å². The summed E-state index contributed by atoms with van der Waals surface area (Å²) in [6.07, 6.45) is 3.42. The monoisotopic (exact) mass is 159 g/mol. The minimum Gasteiger partial charge on any atom is -0.377 e. The zero-order chi connectivity index (χ0) is 7.66. The zero-order valence-corrected chi connectivity index (χ0v) is 6.92. The van der Waals surface area contributed by atoms with Gasteiger partial charge in [-0.3, -0.25) is 0 Å². The molecule has 0 radical (unpaired) electrons. The van der Waals surface area contributed by atoms with Gasteiger partial charge >= 0.3 is 0 Å². The van der Waals surface area contributed by atoms with Crippen LogP contribution >= 0.6 is 0 Å². The first-order chi connectivity index (χ1) is 4.91. The minimum absolute atomic E-state index is 0. The van der Waals surface area contributed by atoms with Crippen LogP contribution in [0.4, 0.5) is 0 Å². The van der Waals surface area contributed by atoms with Gasteiger partial charge in [0.2, 0.25) is 0 Å². The van der Waals surface area contributed by atoms with Crippen LogP contribution in [0, 0.1) is 0 Å². The average molecular weight is 159 g/mol. The molecule has 1 aliphatic rings. The Labute approximate surface area is 68.3 Å². The zero-order valence-electron chi connectivity index (χ0n) is 6.92. The molecule has 0 aromatic heterocycles. The minimum atomic E-state index is 0. The van der Waals surface area contributed by atoms with Gasteiger partial charge in [-0.25, -0.2) is 0 Å². The van der Waals surface area contributed by atoms with E-state index in [1.165, 1.54) is 0 Å². The third-order valence-electron chi connectivity index (χ3n) is 0.676. The van der Waals surface area contributed by atoms with E-state index in [0.29, 0.717) is 13.2 Å². The van der Waals surface area contributed by atoms with E-state index in [4.69, 9.17) is 4.74 Å². The van der Waals surface area contributed by atoms with Crippen LogP contribution in [0.2, 0.25) is 0 Å². The Morgan fingerprint density at radius 2 is 1.55 bits per heavy atom. The van der Waals surface area contributed by atoms with Crippen LogP contribution in [-0.4, -0.2) is 26.4 Å². The lowest BCUT2D eigenvalue weighted by molar-refractivity contribution is 0.194. The molecule has 0 bridgehead atoms. The fourth-order valence-corrected chi connectivity index (χ4v) is 0.235. The number of rotatable bonds is 4. The highest BCUT2D eigenvalue weighted by molar-refractivity contribution is 4.68. The van der Waals surface area contributed by atoms with Crippen molar-refractivity contribution in [3.8, 4) is 0 Å². The van der Waals surface area contributed by atoms with Crippen LogP contribution in [0.5, 0.6) is 0 Å². The molecular formula is C8H17NO2. The summed E-state index contributed by atoms with van der Waals surface area (Å²) in [5, 5.41) is 0. The molecule has 1 saturated heterocycles. The van der Waals surface area contributed by atoms with Gasteiger partial charge in [-0.2, -0.15) is 0 Å². The van der Waals surface area contributed by atoms with Gasteiger partial charge < -0.3 is 15.6 Å². The van der Waals surface area contributed by atoms with Crippen molar-refractivity contribution in [3.63, 3.8) is 0 Å². The molecule has 0 unspecified atom stereocenters. The maximum Gasteiger partial charge on any atom is 0.0701 e. The molecule has 3 heteroatoms. The summed E-state index contributed by atoms with van der Waals surface area (Å²) in [4.78, 5) is 0. The van der Waals surface area contributed by atoms with Gasteiger partial charge in [-0.05, 0) is 0 Å². The lowest BCUT2D eigenvalue weighted by Crippen LogP contribution is -1.87. The van der Waals surface area contributed by atoms with Crippen molar-refractivity contribution in [2.24, 2.45) is 0 Å². The molecule has 3 nitrogen and oxygen atoms in total. The Hall–Kier alpha value is -0.640. The molecule has 1 heterocycles. The Balaban J connectivity index is 0. The van der Waals surface area contributed by atoms with E-state index in [1.54, 1.807) is 12.2 Å². The predicted molar refractivity (Wildman–Crippen MR) is 47.1 cm³/mol. The fraction of sp³-hybridized carbons (Fsp3) is 0.500. The summed E-state index contributed by atoms with van der Waals surface area (Å²) in [6, 6.07) is 0. The maximum absolute atomic E-state index is 4.90. The largest absolute Gasteiger partial charge is 0.377 e. The molecular weight excluding hydrogens is 142 g/mol. The SMILES string of the molecule is C1CO1.C=CCOCC=C.N. The van der Waals surface area contributed by atoms with Crippen LogP contribution < -0.4 is 6.15 Å². The Bertz CT molecular complexity index is 81.3. The summed E-state index contributed by atoms with van der Waals surface area (Å²) in [5.41, 5.74) is 0. The number of ether oxygens (including phenoxy) is 2. The van der Waals surface area contributed by atoms with Gasteiger partial charge in [0.1, 0.15) is 0 Å². The smallest absolute Gasteiger partial charge is 0.0701 e. The summed E-state index contributed by atoms with van der Waals surface area (Å²) in [5.74, 6) is 0. The molecule has 1 aliphatic heterocycles. The highest BCUT2D eigenvalue weighted by atomic mass is 16.6. The third kappa shape index (κ3) is 26.7. The van der Waals surface area contributed by atoms with Crippen LogP contribution in [0.1, 0.15) is 0 Å². The van der Waals surface area contributed by atoms with Crippen LogP contribution in [0.15, 0.2) is 25.3 Å². The molecule has 0 amide bonds. The van der Waals surface area contributed by atoms with Crippen molar-refractivity contribution in [1.29, 1.82) is 0 Å². The van der Waals surface area contributed by atoms with Crippen LogP contribution in [0.3, 0.4) is 0 Å². The van der Waals surface area contributed by atoms with E-state index < -0.39 is 0 Å². The average Bonchev–Trinajstić information content (AvgIpc) is 2.73. The summed E-state index contributed by atoms with van der Waals surface area (Å²) in [7, 11) is 0. The summed E-state index contributed by atoms with van der Waals surface area (Å²) in [6.45, 7) is 10.2. The highest BCUT2D eigenvalue weighted by Gasteiger charge is 1.94. The Morgan fingerprint density at radius 3 is 1.73 bits per heavy atom. The van der Waals surface area contributed by atoms with Gasteiger partial charge in [0.15, 0.2) is 0 Å². The second-order valence-corrected chi connectivity index (χ2v) is 1.73. The molecule has 11 heavy (non-hydrogen) atoms. The molecule has 3 N–H and O–H groups in total. The molecule has 1 fully saturated rings. The van der Waals surface area contributed by atoms with Crippen molar-refractivity contribution < 1.29 is 9.47 Å². The highest BCUT2D eigenvalue weighted by Crippen LogP contribution is 1.84. The summed E-state index contributed by atoms with van der Waals surface area (Å²) >= 11 is 0. The van der Waals surface area contributed by atoms with E-state index in [1.807, 2.05) is 0 Å². The third-order valence-corrected chi connectivity index (χ3v) is 0.676. The number of hydrogen-bond acceptors (Lipinski definition) is 3. The quantitative estimate of drug-likeness (QED) is 0.384. The first kappa shape index (κ1) is 13.0. The van der Waals surface area contributed by atoms with Gasteiger partial charge in [-0.15, -0.1) is 13.2 Å². The first-order valence-corrected chi connectivity index (χ1v) is 3.29. The van der Waals surface area contributed by atoms with Crippen molar-refractivity contribution in [3.05, 3.63) is 25.3 Å². The van der Waals surface area contributed by atoms with E-state index in [2.05, 4.69) is 17.9 Å². The normalized spacial score (nSPS) is 11.6. The van der Waals surface area contributed by atoms with Crippen molar-refractivity contribution in [2.45, 2.75) is 0 Å². The molecule has 0 aliphatic carbocycles. The van der Waals surface area contributed by atoms with Crippen molar-refractivity contribution >= 4 is 0 Å². The molecule has 0 aromatic rings. The fourth-order valence-electron chi connectivity index (χ4n) is 0.235. The standard InChI is InChI=1S/C6H10O.C2H4O.H3N/c1-3-5-7-6-4-2;1-2-3-1;/h3-4H,1-2,5-6H2;1-2H2;1H3. The van der Waals surface area contributed by atoms with Crippen LogP contribution in [0.25, 0.3) is 0 Å². The molecule has 0 spiro atoms. The lowest BCUT2D eigenvalue weighted by atomic mass is 10.6. The summed E-state index contributed by atoms with van der Waals surface area (Å²) < 4.78 is 9.40. The molecule has 1 rings (SSSR count). The van der Waals surface area contributed by atoms with Gasteiger partial charge in [0.25, 0.3) is 0 Å². The maximum atomic E-state index is 4.90. The van der Waals surface area contributed by atoms with E-state index >= 15 is 0 Å². The molecule has 0 aromatic carbocycles. The van der Waals surface area contributed by atoms with E-state index in [9.17, 15) is 0 Å². The van der Waals surface area contributed by atoms with Gasteiger partial charge in [-0.1, -0.05) is 12.2 Å². The topological polar surface area (TPSA) is 56.8 Å². The van der Waals surface area contributed by atoms with E-state index in [0.717, 1.165) is 13.2 Å². The lowest BCUT2D eigenvalue weighted by Gasteiger charge is -1.89. The van der Waals surface area contributed by atoms with Crippen molar-refractivity contribution in [1.82, 2.24) is 6.15 Å². The molecule has 66 valence electrons. The van der Waals surface area contributed by atoms with Gasteiger partial charge in [0.05, 0.1) is 26.4 Å². The number of epoxide rings is 1. The Kier molecular flexibility index (Phi) is 14.3. The first-order valence-electron chi connectivity index (χ1n) is 3.29. The predicted octanol–water partition coefficient (Wildman–Crippen LogP) is 1.55. The molecule has 0 saturated carbocycles. The molecule has 0 atom stereocenters. The van der Waals surface area contributed by atoms with E-state index in [-0.39, 0.29) is 6.15 Å². The van der Waals surface area contributed by atoms with Gasteiger partial charge in [0, 0.05) is 0 Å².